The number of ether oxygens (including phenoxy) is 2. The highest BCUT2D eigenvalue weighted by molar-refractivity contribution is 7.22. The molecule has 1 aliphatic carbocycles. The van der Waals surface area contributed by atoms with E-state index in [4.69, 9.17) is 19.6 Å². The second-order valence-corrected chi connectivity index (χ2v) is 23.7. The number of imide groups is 1. The van der Waals surface area contributed by atoms with Gasteiger partial charge in [-0.25, -0.2) is 14.8 Å². The Balaban J connectivity index is 0.702. The summed E-state index contributed by atoms with van der Waals surface area (Å²) in [7, 11) is 1.98. The van der Waals surface area contributed by atoms with Gasteiger partial charge in [0.2, 0.25) is 11.8 Å². The fraction of sp³-hybridized carbons (Fsp3) is 0.435. The van der Waals surface area contributed by atoms with E-state index in [0.717, 1.165) is 119 Å². The zero-order chi connectivity index (χ0) is 53.4. The summed E-state index contributed by atoms with van der Waals surface area (Å²) in [5.74, 6) is 1.01. The Morgan fingerprint density at radius 3 is 2.48 bits per heavy atom. The lowest BCUT2D eigenvalue weighted by Crippen LogP contribution is -2.39. The van der Waals surface area contributed by atoms with E-state index >= 15 is 0 Å². The number of hydrogen-bond donors (Lipinski definition) is 2. The Hall–Kier alpha value is -6.97. The molecule has 3 fully saturated rings. The zero-order valence-corrected chi connectivity index (χ0v) is 45.8. The number of carbonyl (C=O) groups is 4. The van der Waals surface area contributed by atoms with Gasteiger partial charge in [0.1, 0.15) is 17.2 Å². The molecule has 2 atom stereocenters. The molecule has 2 saturated heterocycles. The first-order valence-corrected chi connectivity index (χ1v) is 28.6. The Kier molecular flexibility index (Phi) is 15.0. The highest BCUT2D eigenvalue weighted by atomic mass is 32.1. The maximum atomic E-state index is 14.1. The van der Waals surface area contributed by atoms with Crippen molar-refractivity contribution in [2.75, 3.05) is 36.4 Å². The summed E-state index contributed by atoms with van der Waals surface area (Å²) in [4.78, 5) is 67.1. The van der Waals surface area contributed by atoms with Crippen LogP contribution in [0.25, 0.3) is 32.2 Å². The SMILES string of the molecule is Cc1c(OC2CCC(CCCCN3CCC[C@H](c4cccc5c(C6CCC(=O)NC6=O)nn(C)c45)C3)CC2)cccc1-c1ccc(N2CCc3cccc(C(=O)Nc4nc5ccccc5s4)c3C2)nc1C(=O)OC(C)(C)C. The number of likely N-dealkylation sites (tertiary alicyclic amines) is 1. The molecule has 4 aromatic carbocycles. The summed E-state index contributed by atoms with van der Waals surface area (Å²) in [6.07, 6.45) is 11.9. The summed E-state index contributed by atoms with van der Waals surface area (Å²) in [5.41, 5.74) is 8.73. The van der Waals surface area contributed by atoms with E-state index in [2.05, 4.69) is 56.6 Å². The Labute approximate surface area is 454 Å². The number of para-hydroxylation sites is 2. The third-order valence-electron chi connectivity index (χ3n) is 16.3. The predicted molar refractivity (Wildman–Crippen MR) is 303 cm³/mol. The molecule has 0 spiro atoms. The summed E-state index contributed by atoms with van der Waals surface area (Å²) in [6.45, 7) is 12.0. The van der Waals surface area contributed by atoms with E-state index in [0.29, 0.717) is 59.8 Å². The number of hydrogen-bond acceptors (Lipinski definition) is 12. The predicted octanol–water partition coefficient (Wildman–Crippen LogP) is 11.8. The number of benzene rings is 4. The molecule has 6 heterocycles. The van der Waals surface area contributed by atoms with Gasteiger partial charge in [-0.15, -0.1) is 0 Å². The Morgan fingerprint density at radius 2 is 1.66 bits per heavy atom. The molecule has 0 bridgehead atoms. The Bertz CT molecular complexity index is 3340. The number of rotatable bonds is 14. The van der Waals surface area contributed by atoms with E-state index in [1.807, 2.05) is 99.2 Å². The topological polar surface area (TPSA) is 161 Å². The van der Waals surface area contributed by atoms with Crippen LogP contribution >= 0.6 is 11.3 Å². The van der Waals surface area contributed by atoms with E-state index in [9.17, 15) is 19.2 Å². The number of nitrogens with zero attached hydrogens (tertiary/aromatic N) is 6. The van der Waals surface area contributed by atoms with Crippen molar-refractivity contribution in [2.45, 2.75) is 135 Å². The molecule has 14 nitrogen and oxygen atoms in total. The monoisotopic (exact) mass is 1050 g/mol. The number of nitrogens with one attached hydrogen (secondary N) is 2. The van der Waals surface area contributed by atoms with E-state index < -0.39 is 17.5 Å². The number of fused-ring (bicyclic) bond motifs is 3. The standard InChI is InChI=1S/C62H70N8O6S/c1-38-43(45-28-30-53(64-56(45)60(74)76-62(2,3)4)70-35-32-40-15-10-19-46(49(40)37-70)58(72)66-61-63-50-21-6-7-23-52(50)77-61)17-12-22-51(38)75-42-26-24-39(25-27-42)14-8-9-33-69-34-13-16-41(36-69)44-18-11-20-47-55(67-68(5)57(44)47)48-29-31-54(71)65-59(48)73/h6-7,10-12,15,17-23,28,30,39,41-42,48H,8-9,13-14,16,24-27,29,31-37H2,1-5H3,(H,63,66,72)(H,65,71,73)/t39?,41-,42?,48?/m0/s1. The van der Waals surface area contributed by atoms with Crippen molar-refractivity contribution in [1.29, 1.82) is 0 Å². The van der Waals surface area contributed by atoms with Crippen LogP contribution in [-0.4, -0.2) is 86.2 Å². The quantitative estimate of drug-likeness (QED) is 0.0606. The molecule has 400 valence electrons. The van der Waals surface area contributed by atoms with Crippen LogP contribution in [0.4, 0.5) is 10.9 Å². The van der Waals surface area contributed by atoms with Crippen LogP contribution in [0.1, 0.15) is 152 Å². The fourth-order valence-electron chi connectivity index (χ4n) is 12.4. The molecule has 0 radical (unpaired) electrons. The molecule has 3 amide bonds. The van der Waals surface area contributed by atoms with Crippen LogP contribution in [-0.2, 0) is 34.3 Å². The van der Waals surface area contributed by atoms with Crippen LogP contribution in [0.2, 0.25) is 0 Å². The molecular formula is C62H70N8O6S. The van der Waals surface area contributed by atoms with Crippen molar-refractivity contribution in [3.05, 3.63) is 130 Å². The Morgan fingerprint density at radius 1 is 0.844 bits per heavy atom. The van der Waals surface area contributed by atoms with Gasteiger partial charge in [-0.3, -0.25) is 29.7 Å². The molecule has 11 rings (SSSR count). The number of amides is 3. The van der Waals surface area contributed by atoms with Crippen LogP contribution < -0.4 is 20.3 Å². The zero-order valence-electron chi connectivity index (χ0n) is 45.0. The van der Waals surface area contributed by atoms with E-state index in [1.54, 1.807) is 0 Å². The lowest BCUT2D eigenvalue weighted by Gasteiger charge is -2.33. The lowest BCUT2D eigenvalue weighted by molar-refractivity contribution is -0.134. The van der Waals surface area contributed by atoms with Crippen molar-refractivity contribution >= 4 is 67.1 Å². The molecule has 3 aliphatic heterocycles. The molecular weight excluding hydrogens is 985 g/mol. The summed E-state index contributed by atoms with van der Waals surface area (Å²) < 4.78 is 15.8. The largest absolute Gasteiger partial charge is 0.490 e. The maximum Gasteiger partial charge on any atom is 0.358 e. The van der Waals surface area contributed by atoms with Gasteiger partial charge in [-0.05, 0) is 175 Å². The number of carbonyl (C=O) groups excluding carboxylic acids is 4. The average molecular weight is 1060 g/mol. The first kappa shape index (κ1) is 52.1. The van der Waals surface area contributed by atoms with Gasteiger partial charge >= 0.3 is 5.97 Å². The minimum absolute atomic E-state index is 0.121. The second kappa shape index (κ2) is 22.2. The van der Waals surface area contributed by atoms with Crippen LogP contribution in [0.3, 0.4) is 0 Å². The average Bonchev–Trinajstić information content (AvgIpc) is 4.06. The minimum atomic E-state index is -0.732. The number of aryl methyl sites for hydroxylation is 1. The van der Waals surface area contributed by atoms with Gasteiger partial charge < -0.3 is 19.3 Å². The van der Waals surface area contributed by atoms with Gasteiger partial charge in [0, 0.05) is 49.6 Å². The number of unbranched alkanes of at least 4 members (excludes halogenated alkanes) is 1. The first-order valence-electron chi connectivity index (χ1n) is 27.8. The van der Waals surface area contributed by atoms with Gasteiger partial charge in [0.15, 0.2) is 10.8 Å². The number of aromatic nitrogens is 4. The molecule has 1 unspecified atom stereocenters. The molecule has 1 saturated carbocycles. The third kappa shape index (κ3) is 11.4. The molecule has 4 aliphatic rings. The fourth-order valence-corrected chi connectivity index (χ4v) is 13.2. The van der Waals surface area contributed by atoms with Crippen LogP contribution in [0, 0.1) is 12.8 Å². The van der Waals surface area contributed by atoms with Crippen molar-refractivity contribution in [1.82, 2.24) is 30.0 Å². The number of piperidine rings is 2. The number of esters is 1. The summed E-state index contributed by atoms with van der Waals surface area (Å²) >= 11 is 1.45. The number of thiazole rings is 1. The lowest BCUT2D eigenvalue weighted by atomic mass is 9.84. The van der Waals surface area contributed by atoms with E-state index in [1.165, 1.54) is 36.2 Å². The summed E-state index contributed by atoms with van der Waals surface area (Å²) in [5, 5.41) is 12.0. The van der Waals surface area contributed by atoms with Gasteiger partial charge in [-0.1, -0.05) is 78.8 Å². The van der Waals surface area contributed by atoms with Gasteiger partial charge in [0.25, 0.3) is 5.91 Å². The van der Waals surface area contributed by atoms with E-state index in [-0.39, 0.29) is 29.5 Å². The summed E-state index contributed by atoms with van der Waals surface area (Å²) in [6, 6.07) is 30.2. The van der Waals surface area contributed by atoms with Crippen LogP contribution in [0.15, 0.2) is 91.0 Å². The van der Waals surface area contributed by atoms with Gasteiger partial charge in [-0.2, -0.15) is 5.10 Å². The normalized spacial score (nSPS) is 20.2. The van der Waals surface area contributed by atoms with Crippen molar-refractivity contribution in [3.8, 4) is 16.9 Å². The van der Waals surface area contributed by atoms with Crippen molar-refractivity contribution in [2.24, 2.45) is 13.0 Å². The molecule has 3 aromatic heterocycles. The maximum absolute atomic E-state index is 14.1. The van der Waals surface area contributed by atoms with Crippen LogP contribution in [0.5, 0.6) is 5.75 Å². The number of pyridine rings is 1. The molecule has 7 aromatic rings. The highest BCUT2D eigenvalue weighted by Gasteiger charge is 2.34. The molecule has 77 heavy (non-hydrogen) atoms. The first-order chi connectivity index (χ1) is 37.2. The van der Waals surface area contributed by atoms with Crippen molar-refractivity contribution in [3.63, 3.8) is 0 Å². The van der Waals surface area contributed by atoms with Crippen molar-refractivity contribution < 1.29 is 28.7 Å². The molecule has 2 N–H and O–H groups in total. The number of anilines is 2. The molecule has 15 heteroatoms. The van der Waals surface area contributed by atoms with Gasteiger partial charge in [0.05, 0.1) is 33.4 Å². The smallest absolute Gasteiger partial charge is 0.358 e. The second-order valence-electron chi connectivity index (χ2n) is 22.7. The minimum Gasteiger partial charge on any atom is -0.490 e. The highest BCUT2D eigenvalue weighted by Crippen LogP contribution is 2.40. The third-order valence-corrected chi connectivity index (χ3v) is 17.2.